The molecule has 124 valence electrons. The molecule has 1 aliphatic rings. The van der Waals surface area contributed by atoms with E-state index in [9.17, 15) is 4.39 Å². The van der Waals surface area contributed by atoms with Gasteiger partial charge in [0.1, 0.15) is 18.0 Å². The van der Waals surface area contributed by atoms with Crippen LogP contribution in [0.1, 0.15) is 18.0 Å². The van der Waals surface area contributed by atoms with Gasteiger partial charge in [-0.2, -0.15) is 0 Å². The van der Waals surface area contributed by atoms with Gasteiger partial charge < -0.3 is 15.0 Å². The molecule has 1 aromatic carbocycles. The van der Waals surface area contributed by atoms with Crippen molar-refractivity contribution in [1.29, 1.82) is 0 Å². The van der Waals surface area contributed by atoms with Gasteiger partial charge >= 0.3 is 0 Å². The van der Waals surface area contributed by atoms with Crippen LogP contribution in [0.4, 0.5) is 10.2 Å². The maximum Gasteiger partial charge on any atom is 0.165 e. The number of alkyl halides is 1. The molecule has 0 aliphatic heterocycles. The first-order chi connectivity index (χ1) is 11.7. The molecule has 2 heterocycles. The monoisotopic (exact) mass is 327 g/mol. The van der Waals surface area contributed by atoms with Gasteiger partial charge in [-0.25, -0.2) is 19.3 Å². The zero-order valence-electron chi connectivity index (χ0n) is 13.0. The lowest BCUT2D eigenvalue weighted by Crippen LogP contribution is -2.42. The van der Waals surface area contributed by atoms with Gasteiger partial charge in [0, 0.05) is 5.92 Å². The number of hydrogen-bond acceptors (Lipinski definition) is 5. The smallest absolute Gasteiger partial charge is 0.165 e. The first-order valence-corrected chi connectivity index (χ1v) is 7.93. The van der Waals surface area contributed by atoms with Crippen molar-refractivity contribution in [2.45, 2.75) is 25.2 Å². The SMILES string of the molecule is Nc1ncnc2c1ncn2[C@H]1C[C@H](COCc2ccccc2)[C@H]1F. The fraction of sp³-hybridized carbons (Fsp3) is 0.353. The van der Waals surface area contributed by atoms with Crippen molar-refractivity contribution in [3.63, 3.8) is 0 Å². The molecule has 7 heteroatoms. The van der Waals surface area contributed by atoms with Crippen molar-refractivity contribution in [2.75, 3.05) is 12.3 Å². The highest BCUT2D eigenvalue weighted by molar-refractivity contribution is 5.81. The molecule has 0 spiro atoms. The summed E-state index contributed by atoms with van der Waals surface area (Å²) >= 11 is 0. The maximum atomic E-state index is 14.6. The Balaban J connectivity index is 1.37. The summed E-state index contributed by atoms with van der Waals surface area (Å²) in [6.45, 7) is 0.919. The Kier molecular flexibility index (Phi) is 3.86. The lowest BCUT2D eigenvalue weighted by Gasteiger charge is -2.40. The molecule has 2 aromatic heterocycles. The van der Waals surface area contributed by atoms with E-state index in [2.05, 4.69) is 15.0 Å². The molecule has 1 saturated carbocycles. The average molecular weight is 327 g/mol. The number of nitrogen functional groups attached to an aromatic ring is 1. The highest BCUT2D eigenvalue weighted by Crippen LogP contribution is 2.42. The van der Waals surface area contributed by atoms with E-state index in [0.717, 1.165) is 5.56 Å². The van der Waals surface area contributed by atoms with E-state index in [1.165, 1.54) is 6.33 Å². The van der Waals surface area contributed by atoms with Crippen LogP contribution >= 0.6 is 0 Å². The normalized spacial score (nSPS) is 23.3. The van der Waals surface area contributed by atoms with Crippen LogP contribution in [0.15, 0.2) is 43.0 Å². The predicted octanol–water partition coefficient (Wildman–Crippen LogP) is 2.52. The minimum Gasteiger partial charge on any atom is -0.382 e. The Morgan fingerprint density at radius 1 is 1.21 bits per heavy atom. The van der Waals surface area contributed by atoms with E-state index in [1.54, 1.807) is 10.9 Å². The highest BCUT2D eigenvalue weighted by Gasteiger charge is 2.43. The van der Waals surface area contributed by atoms with Gasteiger partial charge in [-0.15, -0.1) is 0 Å². The minimum absolute atomic E-state index is 0.102. The number of fused-ring (bicyclic) bond motifs is 1. The Hall–Kier alpha value is -2.54. The van der Waals surface area contributed by atoms with E-state index < -0.39 is 6.17 Å². The van der Waals surface area contributed by atoms with E-state index in [-0.39, 0.29) is 12.0 Å². The molecule has 0 radical (unpaired) electrons. The van der Waals surface area contributed by atoms with Crippen LogP contribution in [0, 0.1) is 5.92 Å². The number of aromatic nitrogens is 4. The van der Waals surface area contributed by atoms with Gasteiger partial charge in [-0.3, -0.25) is 0 Å². The van der Waals surface area contributed by atoms with Gasteiger partial charge in [0.2, 0.25) is 0 Å². The highest BCUT2D eigenvalue weighted by atomic mass is 19.1. The summed E-state index contributed by atoms with van der Waals surface area (Å²) < 4.78 is 22.0. The van der Waals surface area contributed by atoms with Crippen LogP contribution < -0.4 is 5.73 Å². The topological polar surface area (TPSA) is 78.9 Å². The van der Waals surface area contributed by atoms with Gasteiger partial charge in [0.25, 0.3) is 0 Å². The predicted molar refractivity (Wildman–Crippen MR) is 87.9 cm³/mol. The summed E-state index contributed by atoms with van der Waals surface area (Å²) in [5.74, 6) is 0.214. The van der Waals surface area contributed by atoms with Crippen molar-refractivity contribution in [3.05, 3.63) is 48.5 Å². The third-order valence-electron chi connectivity index (χ3n) is 4.55. The largest absolute Gasteiger partial charge is 0.382 e. The molecule has 0 unspecified atom stereocenters. The molecule has 4 rings (SSSR count). The van der Waals surface area contributed by atoms with E-state index >= 15 is 0 Å². The first-order valence-electron chi connectivity index (χ1n) is 7.93. The van der Waals surface area contributed by atoms with Crippen LogP contribution in [-0.2, 0) is 11.3 Å². The van der Waals surface area contributed by atoms with Crippen molar-refractivity contribution in [1.82, 2.24) is 19.5 Å². The number of ether oxygens (including phenoxy) is 1. The number of hydrogen-bond donors (Lipinski definition) is 1. The number of imidazole rings is 1. The molecular weight excluding hydrogens is 309 g/mol. The van der Waals surface area contributed by atoms with Crippen molar-refractivity contribution < 1.29 is 9.13 Å². The zero-order chi connectivity index (χ0) is 16.5. The molecule has 3 atom stereocenters. The first kappa shape index (κ1) is 15.0. The number of halogens is 1. The molecule has 24 heavy (non-hydrogen) atoms. The zero-order valence-corrected chi connectivity index (χ0v) is 13.0. The fourth-order valence-electron chi connectivity index (χ4n) is 3.13. The number of benzene rings is 1. The molecule has 1 fully saturated rings. The second-order valence-electron chi connectivity index (χ2n) is 6.09. The average Bonchev–Trinajstić information content (AvgIpc) is 3.03. The van der Waals surface area contributed by atoms with Crippen LogP contribution in [0.25, 0.3) is 11.2 Å². The molecular formula is C17H18FN5O. The van der Waals surface area contributed by atoms with Crippen LogP contribution in [-0.4, -0.2) is 32.3 Å². The van der Waals surface area contributed by atoms with Gasteiger partial charge in [0.05, 0.1) is 25.6 Å². The number of nitrogens with two attached hydrogens (primary N) is 1. The summed E-state index contributed by atoms with van der Waals surface area (Å²) in [5.41, 5.74) is 7.97. The second-order valence-corrected chi connectivity index (χ2v) is 6.09. The number of anilines is 1. The minimum atomic E-state index is -0.977. The molecule has 2 N–H and O–H groups in total. The Morgan fingerprint density at radius 3 is 2.83 bits per heavy atom. The summed E-state index contributed by atoms with van der Waals surface area (Å²) in [4.78, 5) is 12.3. The quantitative estimate of drug-likeness (QED) is 0.779. The summed E-state index contributed by atoms with van der Waals surface area (Å²) in [5, 5.41) is 0. The van der Waals surface area contributed by atoms with E-state index in [0.29, 0.717) is 36.6 Å². The maximum absolute atomic E-state index is 14.6. The Labute approximate surface area is 138 Å². The van der Waals surface area contributed by atoms with Crippen molar-refractivity contribution >= 4 is 17.0 Å². The fourth-order valence-corrected chi connectivity index (χ4v) is 3.13. The summed E-state index contributed by atoms with van der Waals surface area (Å²) in [7, 11) is 0. The Bertz CT molecular complexity index is 837. The third kappa shape index (κ3) is 2.60. The van der Waals surface area contributed by atoms with Gasteiger partial charge in [-0.1, -0.05) is 30.3 Å². The molecule has 3 aromatic rings. The van der Waals surface area contributed by atoms with E-state index in [4.69, 9.17) is 10.5 Å². The lowest BCUT2D eigenvalue weighted by molar-refractivity contribution is -0.0290. The van der Waals surface area contributed by atoms with Crippen molar-refractivity contribution in [3.8, 4) is 0 Å². The van der Waals surface area contributed by atoms with Crippen LogP contribution in [0.2, 0.25) is 0 Å². The standard InChI is InChI=1S/C17H18FN5O/c18-14-12(8-24-7-11-4-2-1-3-5-11)6-13(14)23-10-22-15-16(19)20-9-21-17(15)23/h1-5,9-10,12-14H,6-8H2,(H2,19,20,21)/t12-,13+,14-/m1/s1. The summed E-state index contributed by atoms with van der Waals surface area (Å²) in [6.07, 6.45) is 2.69. The molecule has 6 nitrogen and oxygen atoms in total. The number of nitrogens with zero attached hydrogens (tertiary/aromatic N) is 4. The Morgan fingerprint density at radius 2 is 2.04 bits per heavy atom. The number of rotatable bonds is 5. The van der Waals surface area contributed by atoms with Gasteiger partial charge in [0.15, 0.2) is 11.5 Å². The van der Waals surface area contributed by atoms with Crippen molar-refractivity contribution in [2.24, 2.45) is 5.92 Å². The molecule has 0 bridgehead atoms. The van der Waals surface area contributed by atoms with Gasteiger partial charge in [-0.05, 0) is 12.0 Å². The molecule has 0 saturated heterocycles. The summed E-state index contributed by atoms with van der Waals surface area (Å²) in [6, 6.07) is 9.62. The van der Waals surface area contributed by atoms with Crippen LogP contribution in [0.5, 0.6) is 0 Å². The van der Waals surface area contributed by atoms with E-state index in [1.807, 2.05) is 30.3 Å². The lowest BCUT2D eigenvalue weighted by atomic mass is 9.78. The molecule has 0 amide bonds. The second kappa shape index (κ2) is 6.16. The third-order valence-corrected chi connectivity index (χ3v) is 4.55. The van der Waals surface area contributed by atoms with Crippen LogP contribution in [0.3, 0.4) is 0 Å². The molecule has 1 aliphatic carbocycles.